The molecular weight excluding hydrogens is 412 g/mol. The number of hydrogen-bond donors (Lipinski definition) is 3. The lowest BCUT2D eigenvalue weighted by Crippen LogP contribution is -2.46. The number of rotatable bonds is 5. The van der Waals surface area contributed by atoms with Crippen LogP contribution in [0.3, 0.4) is 0 Å². The summed E-state index contributed by atoms with van der Waals surface area (Å²) < 4.78 is 5.55. The first-order valence-corrected chi connectivity index (χ1v) is 12.0. The Kier molecular flexibility index (Phi) is 7.25. The number of alkyl carbamates (subject to hydrolysis) is 1. The molecule has 1 saturated heterocycles. The Labute approximate surface area is 198 Å². The predicted molar refractivity (Wildman–Crippen MR) is 134 cm³/mol. The van der Waals surface area contributed by atoms with Gasteiger partial charge in [0.15, 0.2) is 0 Å². The largest absolute Gasteiger partial charge is 0.445 e. The molecule has 2 atom stereocenters. The van der Waals surface area contributed by atoms with Gasteiger partial charge in [-0.05, 0) is 40.0 Å². The van der Waals surface area contributed by atoms with Crippen LogP contribution in [0.1, 0.15) is 77.1 Å². The van der Waals surface area contributed by atoms with Gasteiger partial charge in [0.1, 0.15) is 11.7 Å². The molecule has 2 aromatic carbocycles. The number of nitrogens with one attached hydrogen (secondary N) is 2. The smallest absolute Gasteiger partial charge is 0.407 e. The summed E-state index contributed by atoms with van der Waals surface area (Å²) in [6.45, 7) is 16.0. The van der Waals surface area contributed by atoms with Gasteiger partial charge >= 0.3 is 6.09 Å². The molecule has 5 nitrogen and oxygen atoms in total. The van der Waals surface area contributed by atoms with Crippen LogP contribution in [0.25, 0.3) is 0 Å². The van der Waals surface area contributed by atoms with Crippen molar-refractivity contribution in [1.82, 2.24) is 10.6 Å². The number of aliphatic hydroxyl groups is 1. The Morgan fingerprint density at radius 1 is 0.909 bits per heavy atom. The minimum atomic E-state index is -1.26. The summed E-state index contributed by atoms with van der Waals surface area (Å²) in [6, 6.07) is 16.2. The molecule has 5 heteroatoms. The van der Waals surface area contributed by atoms with Crippen LogP contribution < -0.4 is 10.6 Å². The van der Waals surface area contributed by atoms with Gasteiger partial charge in [-0.15, -0.1) is 0 Å². The highest BCUT2D eigenvalue weighted by molar-refractivity contribution is 5.67. The molecule has 2 aromatic rings. The van der Waals surface area contributed by atoms with Gasteiger partial charge in [-0.2, -0.15) is 0 Å². The third-order valence-corrected chi connectivity index (χ3v) is 6.57. The minimum Gasteiger partial charge on any atom is -0.445 e. The Hall–Kier alpha value is -2.37. The Bertz CT molecular complexity index is 880. The van der Waals surface area contributed by atoms with Crippen molar-refractivity contribution in [2.75, 3.05) is 13.1 Å². The first-order valence-electron chi connectivity index (χ1n) is 12.0. The van der Waals surface area contributed by atoms with E-state index < -0.39 is 11.7 Å². The average Bonchev–Trinajstić information content (AvgIpc) is 3.21. The topological polar surface area (TPSA) is 70.6 Å². The third-order valence-electron chi connectivity index (χ3n) is 6.57. The molecule has 33 heavy (non-hydrogen) atoms. The van der Waals surface area contributed by atoms with Gasteiger partial charge in [-0.3, -0.25) is 0 Å². The Balaban J connectivity index is 1.97. The van der Waals surface area contributed by atoms with E-state index in [1.807, 2.05) is 31.2 Å². The van der Waals surface area contributed by atoms with Gasteiger partial charge in [-0.25, -0.2) is 4.79 Å². The minimum absolute atomic E-state index is 0.0299. The van der Waals surface area contributed by atoms with E-state index in [4.69, 9.17) is 4.74 Å². The summed E-state index contributed by atoms with van der Waals surface area (Å²) >= 11 is 0. The summed E-state index contributed by atoms with van der Waals surface area (Å²) in [5.41, 5.74) is 2.89. The fourth-order valence-electron chi connectivity index (χ4n) is 4.47. The first-order chi connectivity index (χ1) is 15.4. The highest BCUT2D eigenvalue weighted by Gasteiger charge is 2.45. The average molecular weight is 453 g/mol. The maximum atomic E-state index is 12.3. The molecule has 1 aliphatic heterocycles. The fraction of sp³-hybridized carbons (Fsp3) is 0.536. The number of ether oxygens (including phenoxy) is 1. The van der Waals surface area contributed by atoms with Crippen LogP contribution in [0.2, 0.25) is 0 Å². The molecule has 0 aliphatic carbocycles. The standard InChI is InChI=1S/C28H40N2O3/c1-8-29-25(31)33-23-17-24(30-18-23)28(32,21-13-9-19(10-14-21)26(2,3)4)22-15-11-20(12-16-22)27(5,6)7/h9-16,23-24,30,32H,8,17-18H2,1-7H3,(H,29,31)/t23-,24-/m1/s1. The van der Waals surface area contributed by atoms with Crippen molar-refractivity contribution in [1.29, 1.82) is 0 Å². The van der Waals surface area contributed by atoms with Crippen LogP contribution in [0.4, 0.5) is 4.79 Å². The zero-order valence-corrected chi connectivity index (χ0v) is 21.2. The second-order valence-electron chi connectivity index (χ2n) is 11.2. The summed E-state index contributed by atoms with van der Waals surface area (Å²) in [5, 5.41) is 18.4. The van der Waals surface area contributed by atoms with Gasteiger partial charge in [0, 0.05) is 25.6 Å². The van der Waals surface area contributed by atoms with E-state index >= 15 is 0 Å². The molecule has 0 aromatic heterocycles. The molecule has 3 N–H and O–H groups in total. The fourth-order valence-corrected chi connectivity index (χ4v) is 4.47. The zero-order valence-electron chi connectivity index (χ0n) is 21.2. The van der Waals surface area contributed by atoms with E-state index in [1.165, 1.54) is 11.1 Å². The van der Waals surface area contributed by atoms with Crippen LogP contribution in [-0.2, 0) is 21.2 Å². The Morgan fingerprint density at radius 3 is 1.73 bits per heavy atom. The number of carbonyl (C=O) groups excluding carboxylic acids is 1. The molecule has 0 spiro atoms. The van der Waals surface area contributed by atoms with Crippen molar-refractivity contribution in [3.63, 3.8) is 0 Å². The van der Waals surface area contributed by atoms with E-state index in [0.29, 0.717) is 19.5 Å². The van der Waals surface area contributed by atoms with E-state index in [-0.39, 0.29) is 23.0 Å². The zero-order chi connectivity index (χ0) is 24.4. The maximum absolute atomic E-state index is 12.3. The number of amides is 1. The van der Waals surface area contributed by atoms with Crippen molar-refractivity contribution >= 4 is 6.09 Å². The molecule has 3 rings (SSSR count). The lowest BCUT2D eigenvalue weighted by atomic mass is 9.76. The maximum Gasteiger partial charge on any atom is 0.407 e. The molecular formula is C28H40N2O3. The van der Waals surface area contributed by atoms with Crippen molar-refractivity contribution in [2.45, 2.75) is 83.5 Å². The van der Waals surface area contributed by atoms with E-state index in [1.54, 1.807) is 0 Å². The molecule has 1 aliphatic rings. The van der Waals surface area contributed by atoms with E-state index in [0.717, 1.165) is 11.1 Å². The van der Waals surface area contributed by atoms with Gasteiger partial charge in [0.05, 0.1) is 0 Å². The lowest BCUT2D eigenvalue weighted by Gasteiger charge is -2.36. The van der Waals surface area contributed by atoms with Crippen LogP contribution in [-0.4, -0.2) is 36.4 Å². The third kappa shape index (κ3) is 5.59. The molecule has 1 heterocycles. The van der Waals surface area contributed by atoms with Gasteiger partial charge in [-0.1, -0.05) is 90.1 Å². The van der Waals surface area contributed by atoms with Crippen molar-refractivity contribution in [3.8, 4) is 0 Å². The van der Waals surface area contributed by atoms with E-state index in [2.05, 4.69) is 76.4 Å². The molecule has 0 bridgehead atoms. The van der Waals surface area contributed by atoms with E-state index in [9.17, 15) is 9.90 Å². The normalized spacial score (nSPS) is 19.4. The van der Waals surface area contributed by atoms with Crippen LogP contribution in [0, 0.1) is 0 Å². The molecule has 1 amide bonds. The highest BCUT2D eigenvalue weighted by atomic mass is 16.6. The Morgan fingerprint density at radius 2 is 1.33 bits per heavy atom. The summed E-state index contributed by atoms with van der Waals surface area (Å²) in [5.74, 6) is 0. The monoisotopic (exact) mass is 452 g/mol. The quantitative estimate of drug-likeness (QED) is 0.597. The van der Waals surface area contributed by atoms with Crippen molar-refractivity contribution in [2.24, 2.45) is 0 Å². The van der Waals surface area contributed by atoms with Gasteiger partial charge in [0.25, 0.3) is 0 Å². The van der Waals surface area contributed by atoms with Crippen LogP contribution in [0.15, 0.2) is 48.5 Å². The molecule has 1 fully saturated rings. The first kappa shape index (κ1) is 25.3. The number of hydrogen-bond acceptors (Lipinski definition) is 4. The van der Waals surface area contributed by atoms with Gasteiger partial charge in [0.2, 0.25) is 0 Å². The lowest BCUT2D eigenvalue weighted by molar-refractivity contribution is 0.0372. The van der Waals surface area contributed by atoms with Crippen LogP contribution >= 0.6 is 0 Å². The highest BCUT2D eigenvalue weighted by Crippen LogP contribution is 2.39. The van der Waals surface area contributed by atoms with Crippen molar-refractivity contribution < 1.29 is 14.6 Å². The SMILES string of the molecule is CCNC(=O)O[C@H]1CN[C@@H](C(O)(c2ccc(C(C)(C)C)cc2)c2ccc(C(C)(C)C)cc2)C1. The molecule has 0 saturated carbocycles. The number of carbonyl (C=O) groups is 1. The molecule has 0 unspecified atom stereocenters. The summed E-state index contributed by atoms with van der Waals surface area (Å²) in [6.07, 6.45) is -0.191. The molecule has 0 radical (unpaired) electrons. The second kappa shape index (κ2) is 9.47. The summed E-state index contributed by atoms with van der Waals surface area (Å²) in [4.78, 5) is 11.9. The van der Waals surface area contributed by atoms with Crippen molar-refractivity contribution in [3.05, 3.63) is 70.8 Å². The van der Waals surface area contributed by atoms with Crippen LogP contribution in [0.5, 0.6) is 0 Å². The second-order valence-corrected chi connectivity index (χ2v) is 11.2. The van der Waals surface area contributed by atoms with Gasteiger partial charge < -0.3 is 20.5 Å². The number of benzene rings is 2. The predicted octanol–water partition coefficient (Wildman–Crippen LogP) is 4.99. The summed E-state index contributed by atoms with van der Waals surface area (Å²) in [7, 11) is 0. The molecule has 180 valence electrons.